The van der Waals surface area contributed by atoms with Gasteiger partial charge in [0.25, 0.3) is 0 Å². The van der Waals surface area contributed by atoms with Gasteiger partial charge in [-0.2, -0.15) is 13.2 Å². The van der Waals surface area contributed by atoms with E-state index in [-0.39, 0.29) is 5.13 Å². The molecular weight excluding hydrogens is 293 g/mol. The monoisotopic (exact) mass is 302 g/mol. The number of hydrogen-bond acceptors (Lipinski definition) is 4. The van der Waals surface area contributed by atoms with Crippen molar-refractivity contribution in [1.29, 1.82) is 0 Å². The fourth-order valence-corrected chi connectivity index (χ4v) is 2.03. The van der Waals surface area contributed by atoms with Crippen LogP contribution in [-0.2, 0) is 11.0 Å². The standard InChI is InChI=1S/C12H9F3N2O2S/c1-7-2-3-8(19-7)4-5-10(18)17-11-16-9(6-20-11)12(13,14)15/h2-6H,1H3,(H,16,17,18)/b5-4+. The number of hydrogen-bond donors (Lipinski definition) is 1. The third-order valence-corrected chi connectivity index (χ3v) is 2.94. The minimum absolute atomic E-state index is 0.109. The fourth-order valence-electron chi connectivity index (χ4n) is 1.31. The van der Waals surface area contributed by atoms with Crippen LogP contribution in [0.5, 0.6) is 0 Å². The molecule has 2 aromatic rings. The van der Waals surface area contributed by atoms with E-state index in [0.29, 0.717) is 22.9 Å². The average molecular weight is 302 g/mol. The maximum absolute atomic E-state index is 12.3. The van der Waals surface area contributed by atoms with Crippen LogP contribution >= 0.6 is 11.3 Å². The number of thiazole rings is 1. The predicted molar refractivity (Wildman–Crippen MR) is 68.2 cm³/mol. The lowest BCUT2D eigenvalue weighted by molar-refractivity contribution is -0.140. The molecule has 2 heterocycles. The molecule has 2 aromatic heterocycles. The zero-order chi connectivity index (χ0) is 14.8. The third-order valence-electron chi connectivity index (χ3n) is 2.18. The lowest BCUT2D eigenvalue weighted by Gasteiger charge is -2.00. The molecule has 0 aliphatic rings. The first kappa shape index (κ1) is 14.3. The Hall–Kier alpha value is -2.09. The number of furan rings is 1. The van der Waals surface area contributed by atoms with Crippen LogP contribution in [0.25, 0.3) is 6.08 Å². The summed E-state index contributed by atoms with van der Waals surface area (Å²) in [6.07, 6.45) is -1.94. The summed E-state index contributed by atoms with van der Waals surface area (Å²) in [5.74, 6) is 0.592. The molecule has 0 bridgehead atoms. The minimum atomic E-state index is -4.51. The Labute approximate surface area is 115 Å². The van der Waals surface area contributed by atoms with Crippen LogP contribution in [0, 0.1) is 6.92 Å². The van der Waals surface area contributed by atoms with Crippen molar-refractivity contribution in [3.63, 3.8) is 0 Å². The molecule has 0 radical (unpaired) electrons. The van der Waals surface area contributed by atoms with Gasteiger partial charge in [0.15, 0.2) is 10.8 Å². The van der Waals surface area contributed by atoms with E-state index in [2.05, 4.69) is 10.3 Å². The third kappa shape index (κ3) is 3.70. The number of nitrogens with one attached hydrogen (secondary N) is 1. The van der Waals surface area contributed by atoms with Crippen LogP contribution in [0.2, 0.25) is 0 Å². The number of aromatic nitrogens is 1. The molecule has 0 fully saturated rings. The summed E-state index contributed by atoms with van der Waals surface area (Å²) in [6.45, 7) is 1.76. The first-order valence-corrected chi connectivity index (χ1v) is 6.31. The van der Waals surface area contributed by atoms with E-state index in [0.717, 1.165) is 11.5 Å². The predicted octanol–water partition coefficient (Wildman–Crippen LogP) is 3.72. The van der Waals surface area contributed by atoms with E-state index in [1.54, 1.807) is 19.1 Å². The van der Waals surface area contributed by atoms with Gasteiger partial charge < -0.3 is 4.42 Å². The molecule has 0 saturated carbocycles. The molecule has 20 heavy (non-hydrogen) atoms. The van der Waals surface area contributed by atoms with E-state index < -0.39 is 17.8 Å². The molecule has 0 aliphatic carbocycles. The highest BCUT2D eigenvalue weighted by Gasteiger charge is 2.33. The van der Waals surface area contributed by atoms with Gasteiger partial charge >= 0.3 is 6.18 Å². The van der Waals surface area contributed by atoms with Gasteiger partial charge in [0.1, 0.15) is 11.5 Å². The number of carbonyl (C=O) groups is 1. The molecule has 0 atom stereocenters. The van der Waals surface area contributed by atoms with Gasteiger partial charge in [-0.25, -0.2) is 4.98 Å². The second-order valence-corrected chi connectivity index (χ2v) is 4.66. The van der Waals surface area contributed by atoms with Crippen molar-refractivity contribution in [1.82, 2.24) is 4.98 Å². The van der Waals surface area contributed by atoms with Crippen LogP contribution in [0.3, 0.4) is 0 Å². The van der Waals surface area contributed by atoms with E-state index in [4.69, 9.17) is 4.42 Å². The van der Waals surface area contributed by atoms with Crippen LogP contribution < -0.4 is 5.32 Å². The zero-order valence-corrected chi connectivity index (χ0v) is 11.0. The summed E-state index contributed by atoms with van der Waals surface area (Å²) in [5, 5.41) is 2.99. The first-order valence-electron chi connectivity index (χ1n) is 5.43. The van der Waals surface area contributed by atoms with Gasteiger partial charge in [0, 0.05) is 11.5 Å². The molecular formula is C12H9F3N2O2S. The van der Waals surface area contributed by atoms with Crippen LogP contribution in [0.4, 0.5) is 18.3 Å². The quantitative estimate of drug-likeness (QED) is 0.879. The summed E-state index contributed by atoms with van der Waals surface area (Å²) in [4.78, 5) is 14.8. The van der Waals surface area contributed by atoms with E-state index in [1.165, 1.54) is 6.08 Å². The molecule has 0 aromatic carbocycles. The van der Waals surface area contributed by atoms with Crippen molar-refractivity contribution >= 4 is 28.5 Å². The summed E-state index contributed by atoms with van der Waals surface area (Å²) in [5.41, 5.74) is -1.02. The molecule has 0 aliphatic heterocycles. The Morgan fingerprint density at radius 1 is 1.45 bits per heavy atom. The number of anilines is 1. The fraction of sp³-hybridized carbons (Fsp3) is 0.167. The molecule has 0 spiro atoms. The van der Waals surface area contributed by atoms with Crippen molar-refractivity contribution in [2.24, 2.45) is 0 Å². The van der Waals surface area contributed by atoms with Crippen molar-refractivity contribution in [2.45, 2.75) is 13.1 Å². The normalized spacial score (nSPS) is 12.0. The van der Waals surface area contributed by atoms with Crippen molar-refractivity contribution in [3.05, 3.63) is 40.8 Å². The maximum Gasteiger partial charge on any atom is 0.434 e. The molecule has 4 nitrogen and oxygen atoms in total. The molecule has 1 amide bonds. The zero-order valence-electron chi connectivity index (χ0n) is 10.2. The average Bonchev–Trinajstić information content (AvgIpc) is 2.95. The number of amides is 1. The Bertz CT molecular complexity index is 643. The summed E-state index contributed by atoms with van der Waals surface area (Å²) in [7, 11) is 0. The number of nitrogens with zero attached hydrogens (tertiary/aromatic N) is 1. The Morgan fingerprint density at radius 3 is 2.75 bits per heavy atom. The van der Waals surface area contributed by atoms with Crippen LogP contribution in [0.1, 0.15) is 17.2 Å². The van der Waals surface area contributed by atoms with E-state index >= 15 is 0 Å². The highest BCUT2D eigenvalue weighted by molar-refractivity contribution is 7.14. The number of rotatable bonds is 3. The van der Waals surface area contributed by atoms with Gasteiger partial charge in [0.2, 0.25) is 5.91 Å². The van der Waals surface area contributed by atoms with Gasteiger partial charge in [-0.15, -0.1) is 11.3 Å². The number of aryl methyl sites for hydroxylation is 1. The lowest BCUT2D eigenvalue weighted by Crippen LogP contribution is -2.09. The van der Waals surface area contributed by atoms with E-state index in [1.807, 2.05) is 0 Å². The van der Waals surface area contributed by atoms with Gasteiger partial charge in [-0.3, -0.25) is 10.1 Å². The van der Waals surface area contributed by atoms with Gasteiger partial charge in [-0.05, 0) is 25.1 Å². The van der Waals surface area contributed by atoms with Crippen molar-refractivity contribution < 1.29 is 22.4 Å². The number of alkyl halides is 3. The van der Waals surface area contributed by atoms with Gasteiger partial charge in [-0.1, -0.05) is 0 Å². The molecule has 8 heteroatoms. The molecule has 1 N–H and O–H groups in total. The second kappa shape index (κ2) is 5.49. The van der Waals surface area contributed by atoms with Crippen LogP contribution in [0.15, 0.2) is 28.0 Å². The summed E-state index contributed by atoms with van der Waals surface area (Å²) < 4.78 is 42.2. The topological polar surface area (TPSA) is 55.1 Å². The van der Waals surface area contributed by atoms with Gasteiger partial charge in [0.05, 0.1) is 0 Å². The molecule has 2 rings (SSSR count). The minimum Gasteiger partial charge on any atom is -0.462 e. The summed E-state index contributed by atoms with van der Waals surface area (Å²) in [6, 6.07) is 3.40. The van der Waals surface area contributed by atoms with Crippen LogP contribution in [-0.4, -0.2) is 10.9 Å². The van der Waals surface area contributed by atoms with E-state index in [9.17, 15) is 18.0 Å². The second-order valence-electron chi connectivity index (χ2n) is 3.81. The Balaban J connectivity index is 1.98. The first-order chi connectivity index (χ1) is 9.34. The highest BCUT2D eigenvalue weighted by Crippen LogP contribution is 2.31. The van der Waals surface area contributed by atoms with Crippen molar-refractivity contribution in [2.75, 3.05) is 5.32 Å². The molecule has 106 valence electrons. The number of halogens is 3. The Morgan fingerprint density at radius 2 is 2.20 bits per heavy atom. The summed E-state index contributed by atoms with van der Waals surface area (Å²) >= 11 is 0.710. The molecule has 0 unspecified atom stereocenters. The Kier molecular flexibility index (Phi) is 3.93. The molecule has 0 saturated heterocycles. The number of carbonyl (C=O) groups excluding carboxylic acids is 1. The maximum atomic E-state index is 12.3. The largest absolute Gasteiger partial charge is 0.462 e. The smallest absolute Gasteiger partial charge is 0.434 e. The van der Waals surface area contributed by atoms with Crippen molar-refractivity contribution in [3.8, 4) is 0 Å². The SMILES string of the molecule is Cc1ccc(/C=C/C(=O)Nc2nc(C(F)(F)F)cs2)o1. The lowest BCUT2D eigenvalue weighted by atomic mass is 10.4. The highest BCUT2D eigenvalue weighted by atomic mass is 32.1.